The molecule has 0 aliphatic heterocycles. The average molecular weight is 199 g/mol. The van der Waals surface area contributed by atoms with E-state index in [9.17, 15) is 4.39 Å². The predicted octanol–water partition coefficient (Wildman–Crippen LogP) is 1.94. The van der Waals surface area contributed by atoms with Crippen LogP contribution in [0, 0.1) is 0 Å². The van der Waals surface area contributed by atoms with Gasteiger partial charge in [-0.1, -0.05) is 18.7 Å². The van der Waals surface area contributed by atoms with Crippen LogP contribution in [0.1, 0.15) is 13.3 Å². The number of aliphatic hydroxyl groups is 1. The molecule has 0 spiro atoms. The van der Waals surface area contributed by atoms with Crippen LogP contribution < -0.4 is 5.32 Å². The summed E-state index contributed by atoms with van der Waals surface area (Å²) in [4.78, 5) is 0. The summed E-state index contributed by atoms with van der Waals surface area (Å²) in [7, 11) is 0. The minimum Gasteiger partial charge on any atom is -0.395 e. The van der Waals surface area contributed by atoms with Crippen molar-refractivity contribution in [3.05, 3.63) is 36.2 Å². The third-order valence-electron chi connectivity index (χ3n) is 1.73. The van der Waals surface area contributed by atoms with E-state index in [-0.39, 0.29) is 12.4 Å². The minimum atomic E-state index is -0.242. The zero-order valence-corrected chi connectivity index (χ0v) is 8.59. The first-order chi connectivity index (χ1) is 6.76. The fourth-order valence-electron chi connectivity index (χ4n) is 0.999. The summed E-state index contributed by atoms with van der Waals surface area (Å²) in [5, 5.41) is 11.5. The number of hydrogen-bond donors (Lipinski definition) is 2. The lowest BCUT2D eigenvalue weighted by atomic mass is 10.1. The van der Waals surface area contributed by atoms with Crippen LogP contribution in [-0.2, 0) is 0 Å². The standard InChI is InChI=1S/C11H18FNO/c1-3-5-11(12)10(4-2)6-7-13-8-9-14/h3-5,13-14H,2,6-9H2,1H3/b5-3-,11-10-. The molecule has 0 saturated carbocycles. The summed E-state index contributed by atoms with van der Waals surface area (Å²) in [6.07, 6.45) is 5.18. The van der Waals surface area contributed by atoms with E-state index in [0.29, 0.717) is 25.1 Å². The maximum Gasteiger partial charge on any atom is 0.126 e. The second kappa shape index (κ2) is 8.66. The maximum atomic E-state index is 13.2. The van der Waals surface area contributed by atoms with Crippen LogP contribution in [0.15, 0.2) is 36.2 Å². The normalized spacial score (nSPS) is 13.1. The molecule has 0 heterocycles. The first-order valence-corrected chi connectivity index (χ1v) is 4.71. The highest BCUT2D eigenvalue weighted by molar-refractivity contribution is 5.27. The largest absolute Gasteiger partial charge is 0.395 e. The highest BCUT2D eigenvalue weighted by Gasteiger charge is 1.98. The first kappa shape index (κ1) is 13.1. The number of aliphatic hydroxyl groups excluding tert-OH is 1. The smallest absolute Gasteiger partial charge is 0.126 e. The van der Waals surface area contributed by atoms with Gasteiger partial charge >= 0.3 is 0 Å². The van der Waals surface area contributed by atoms with Gasteiger partial charge in [0, 0.05) is 6.54 Å². The lowest BCUT2D eigenvalue weighted by molar-refractivity contribution is 0.293. The molecular formula is C11H18FNO. The van der Waals surface area contributed by atoms with Gasteiger partial charge < -0.3 is 10.4 Å². The quantitative estimate of drug-likeness (QED) is 0.485. The molecule has 3 heteroatoms. The zero-order valence-electron chi connectivity index (χ0n) is 8.59. The Morgan fingerprint density at radius 2 is 2.21 bits per heavy atom. The Bertz CT molecular complexity index is 221. The molecule has 14 heavy (non-hydrogen) atoms. The van der Waals surface area contributed by atoms with Crippen LogP contribution in [0.4, 0.5) is 4.39 Å². The molecular weight excluding hydrogens is 181 g/mol. The van der Waals surface area contributed by atoms with E-state index in [1.165, 1.54) is 12.2 Å². The summed E-state index contributed by atoms with van der Waals surface area (Å²) >= 11 is 0. The highest BCUT2D eigenvalue weighted by atomic mass is 19.1. The Kier molecular flexibility index (Phi) is 8.08. The lowest BCUT2D eigenvalue weighted by Gasteiger charge is -2.03. The van der Waals surface area contributed by atoms with Crippen LogP contribution in [-0.4, -0.2) is 24.8 Å². The van der Waals surface area contributed by atoms with Crippen molar-refractivity contribution in [2.75, 3.05) is 19.7 Å². The van der Waals surface area contributed by atoms with Gasteiger partial charge in [-0.25, -0.2) is 4.39 Å². The molecule has 0 aliphatic carbocycles. The zero-order chi connectivity index (χ0) is 10.8. The molecule has 0 aromatic carbocycles. The van der Waals surface area contributed by atoms with E-state index < -0.39 is 0 Å². The third kappa shape index (κ3) is 5.67. The molecule has 2 N–H and O–H groups in total. The van der Waals surface area contributed by atoms with Gasteiger partial charge in [-0.3, -0.25) is 0 Å². The van der Waals surface area contributed by atoms with Crippen LogP contribution in [0.5, 0.6) is 0 Å². The van der Waals surface area contributed by atoms with Crippen molar-refractivity contribution in [3.63, 3.8) is 0 Å². The van der Waals surface area contributed by atoms with Crippen molar-refractivity contribution >= 4 is 0 Å². The van der Waals surface area contributed by atoms with Crippen molar-refractivity contribution in [2.24, 2.45) is 0 Å². The summed E-state index contributed by atoms with van der Waals surface area (Å²) < 4.78 is 13.2. The highest BCUT2D eigenvalue weighted by Crippen LogP contribution is 2.12. The van der Waals surface area contributed by atoms with E-state index in [4.69, 9.17) is 5.11 Å². The monoisotopic (exact) mass is 199 g/mol. The fraction of sp³-hybridized carbons (Fsp3) is 0.455. The molecule has 0 atom stereocenters. The van der Waals surface area contributed by atoms with Crippen LogP contribution in [0.2, 0.25) is 0 Å². The summed E-state index contributed by atoms with van der Waals surface area (Å²) in [5.74, 6) is -0.242. The number of rotatable bonds is 7. The summed E-state index contributed by atoms with van der Waals surface area (Å²) in [5.41, 5.74) is 0.591. The summed E-state index contributed by atoms with van der Waals surface area (Å²) in [6, 6.07) is 0. The lowest BCUT2D eigenvalue weighted by Crippen LogP contribution is -2.19. The van der Waals surface area contributed by atoms with E-state index >= 15 is 0 Å². The van der Waals surface area contributed by atoms with Crippen molar-refractivity contribution < 1.29 is 9.50 Å². The van der Waals surface area contributed by atoms with Crippen molar-refractivity contribution in [2.45, 2.75) is 13.3 Å². The molecule has 0 amide bonds. The number of nitrogens with one attached hydrogen (secondary N) is 1. The van der Waals surface area contributed by atoms with Crippen LogP contribution >= 0.6 is 0 Å². The number of hydrogen-bond acceptors (Lipinski definition) is 2. The Morgan fingerprint density at radius 3 is 2.71 bits per heavy atom. The van der Waals surface area contributed by atoms with Gasteiger partial charge in [0.25, 0.3) is 0 Å². The van der Waals surface area contributed by atoms with Crippen LogP contribution in [0.25, 0.3) is 0 Å². The van der Waals surface area contributed by atoms with Gasteiger partial charge in [0.05, 0.1) is 6.61 Å². The van der Waals surface area contributed by atoms with Gasteiger partial charge in [-0.2, -0.15) is 0 Å². The number of halogens is 1. The van der Waals surface area contributed by atoms with Crippen molar-refractivity contribution in [1.29, 1.82) is 0 Å². The topological polar surface area (TPSA) is 32.3 Å². The second-order valence-corrected chi connectivity index (χ2v) is 2.80. The molecule has 0 radical (unpaired) electrons. The van der Waals surface area contributed by atoms with E-state index in [1.807, 2.05) is 0 Å². The SMILES string of the molecule is C=C/C(CCNCCO)=C(F)\C=C/C. The van der Waals surface area contributed by atoms with Gasteiger partial charge in [-0.05, 0) is 31.5 Å². The van der Waals surface area contributed by atoms with Gasteiger partial charge in [0.15, 0.2) is 0 Å². The molecule has 0 saturated heterocycles. The predicted molar refractivity (Wildman–Crippen MR) is 57.7 cm³/mol. The second-order valence-electron chi connectivity index (χ2n) is 2.80. The van der Waals surface area contributed by atoms with Gasteiger partial charge in [0.2, 0.25) is 0 Å². The van der Waals surface area contributed by atoms with Crippen LogP contribution in [0.3, 0.4) is 0 Å². The van der Waals surface area contributed by atoms with Gasteiger partial charge in [-0.15, -0.1) is 0 Å². The molecule has 0 aromatic rings. The average Bonchev–Trinajstić information content (AvgIpc) is 2.18. The van der Waals surface area contributed by atoms with E-state index in [0.717, 1.165) is 0 Å². The third-order valence-corrected chi connectivity index (χ3v) is 1.73. The Morgan fingerprint density at radius 1 is 1.50 bits per heavy atom. The van der Waals surface area contributed by atoms with Crippen molar-refractivity contribution in [1.82, 2.24) is 5.32 Å². The minimum absolute atomic E-state index is 0.102. The van der Waals surface area contributed by atoms with Gasteiger partial charge in [0.1, 0.15) is 5.83 Å². The molecule has 0 rings (SSSR count). The Balaban J connectivity index is 4.02. The molecule has 0 aliphatic rings. The Labute approximate surface area is 84.8 Å². The first-order valence-electron chi connectivity index (χ1n) is 4.71. The number of allylic oxidation sites excluding steroid dienone is 4. The molecule has 0 bridgehead atoms. The molecule has 0 aromatic heterocycles. The molecule has 2 nitrogen and oxygen atoms in total. The maximum absolute atomic E-state index is 13.2. The van der Waals surface area contributed by atoms with E-state index in [1.54, 1.807) is 13.0 Å². The Hall–Kier alpha value is -0.930. The fourth-order valence-corrected chi connectivity index (χ4v) is 0.999. The van der Waals surface area contributed by atoms with Crippen molar-refractivity contribution in [3.8, 4) is 0 Å². The molecule has 0 unspecified atom stereocenters. The molecule has 0 fully saturated rings. The molecule has 80 valence electrons. The van der Waals surface area contributed by atoms with E-state index in [2.05, 4.69) is 11.9 Å². The summed E-state index contributed by atoms with van der Waals surface area (Å²) in [6.45, 7) is 6.61.